The van der Waals surface area contributed by atoms with Crippen molar-refractivity contribution in [3.63, 3.8) is 0 Å². The van der Waals surface area contributed by atoms with Crippen LogP contribution in [0.1, 0.15) is 26.2 Å². The Morgan fingerprint density at radius 2 is 2.40 bits per heavy atom. The lowest BCUT2D eigenvalue weighted by molar-refractivity contribution is -0.131. The summed E-state index contributed by atoms with van der Waals surface area (Å²) in [5, 5.41) is 0. The number of nitrogens with zero attached hydrogens (tertiary/aromatic N) is 1. The Morgan fingerprint density at radius 3 is 3.00 bits per heavy atom. The smallest absolute Gasteiger partial charge is 0.239 e. The minimum Gasteiger partial charge on any atom is -0.384 e. The molecule has 1 unspecified atom stereocenters. The lowest BCUT2D eigenvalue weighted by atomic mass is 10.1. The minimum atomic E-state index is -0.309. The van der Waals surface area contributed by atoms with Gasteiger partial charge in [-0.05, 0) is 12.8 Å². The van der Waals surface area contributed by atoms with Crippen molar-refractivity contribution in [3.8, 4) is 0 Å². The van der Waals surface area contributed by atoms with Gasteiger partial charge in [0.1, 0.15) is 0 Å². The third kappa shape index (κ3) is 3.47. The van der Waals surface area contributed by atoms with Gasteiger partial charge < -0.3 is 15.4 Å². The highest BCUT2D eigenvalue weighted by molar-refractivity contribution is 5.81. The van der Waals surface area contributed by atoms with Gasteiger partial charge in [0.15, 0.2) is 0 Å². The van der Waals surface area contributed by atoms with Gasteiger partial charge in [0.2, 0.25) is 5.91 Å². The maximum Gasteiger partial charge on any atom is 0.239 e. The van der Waals surface area contributed by atoms with Crippen molar-refractivity contribution < 1.29 is 9.53 Å². The second kappa shape index (κ2) is 6.08. The van der Waals surface area contributed by atoms with Crippen LogP contribution in [0, 0.1) is 5.92 Å². The van der Waals surface area contributed by atoms with Gasteiger partial charge >= 0.3 is 0 Å². The zero-order chi connectivity index (χ0) is 11.3. The molecule has 4 heteroatoms. The number of likely N-dealkylation sites (tertiary alicyclic amines) is 1. The van der Waals surface area contributed by atoms with E-state index in [0.29, 0.717) is 5.92 Å². The molecule has 2 N–H and O–H groups in total. The molecule has 0 spiro atoms. The molecule has 4 nitrogen and oxygen atoms in total. The lowest BCUT2D eigenvalue weighted by Crippen LogP contribution is -2.42. The van der Waals surface area contributed by atoms with Crippen molar-refractivity contribution in [2.24, 2.45) is 11.7 Å². The third-order valence-corrected chi connectivity index (χ3v) is 2.92. The Kier molecular flexibility index (Phi) is 5.05. The first-order chi connectivity index (χ1) is 7.19. The second-order valence-corrected chi connectivity index (χ2v) is 4.29. The Hall–Kier alpha value is -0.610. The molecule has 0 aromatic heterocycles. The van der Waals surface area contributed by atoms with E-state index in [1.165, 1.54) is 0 Å². The van der Waals surface area contributed by atoms with Gasteiger partial charge in [0.05, 0.1) is 12.6 Å². The summed E-state index contributed by atoms with van der Waals surface area (Å²) in [7, 11) is 1.70. The first-order valence-corrected chi connectivity index (χ1v) is 5.72. The molecule has 1 heterocycles. The summed E-state index contributed by atoms with van der Waals surface area (Å²) in [5.41, 5.74) is 5.80. The van der Waals surface area contributed by atoms with Crippen LogP contribution in [-0.2, 0) is 9.53 Å². The number of carbonyl (C=O) groups is 1. The van der Waals surface area contributed by atoms with Crippen LogP contribution in [0.5, 0.6) is 0 Å². The largest absolute Gasteiger partial charge is 0.384 e. The van der Waals surface area contributed by atoms with E-state index in [2.05, 4.69) is 0 Å². The van der Waals surface area contributed by atoms with Crippen LogP contribution in [0.3, 0.4) is 0 Å². The van der Waals surface area contributed by atoms with E-state index < -0.39 is 0 Å². The molecule has 2 atom stereocenters. The van der Waals surface area contributed by atoms with Crippen LogP contribution in [0.15, 0.2) is 0 Å². The molecule has 1 amide bonds. The molecule has 0 aliphatic carbocycles. The van der Waals surface area contributed by atoms with Gasteiger partial charge in [0, 0.05) is 26.1 Å². The summed E-state index contributed by atoms with van der Waals surface area (Å²) in [6.45, 7) is 4.44. The molecule has 88 valence electrons. The van der Waals surface area contributed by atoms with Crippen molar-refractivity contribution in [3.05, 3.63) is 0 Å². The number of carbonyl (C=O) groups excluding carboxylic acids is 1. The van der Waals surface area contributed by atoms with E-state index in [1.54, 1.807) is 7.11 Å². The maximum absolute atomic E-state index is 11.8. The number of hydrogen-bond acceptors (Lipinski definition) is 3. The fraction of sp³-hybridized carbons (Fsp3) is 0.909. The van der Waals surface area contributed by atoms with Crippen LogP contribution in [-0.4, -0.2) is 43.7 Å². The van der Waals surface area contributed by atoms with Crippen molar-refractivity contribution in [1.82, 2.24) is 4.90 Å². The van der Waals surface area contributed by atoms with Crippen molar-refractivity contribution >= 4 is 5.91 Å². The predicted molar refractivity (Wildman–Crippen MR) is 59.4 cm³/mol. The van der Waals surface area contributed by atoms with E-state index in [0.717, 1.165) is 39.0 Å². The molecular weight excluding hydrogens is 192 g/mol. The Balaban J connectivity index is 2.35. The molecule has 1 rings (SSSR count). The minimum absolute atomic E-state index is 0.107. The van der Waals surface area contributed by atoms with Crippen molar-refractivity contribution in [1.29, 1.82) is 0 Å². The van der Waals surface area contributed by atoms with E-state index in [-0.39, 0.29) is 11.9 Å². The first-order valence-electron chi connectivity index (χ1n) is 5.72. The van der Waals surface area contributed by atoms with Crippen LogP contribution < -0.4 is 5.73 Å². The fourth-order valence-electron chi connectivity index (χ4n) is 2.07. The Labute approximate surface area is 91.8 Å². The monoisotopic (exact) mass is 214 g/mol. The lowest BCUT2D eigenvalue weighted by Gasteiger charge is -2.20. The Bertz CT molecular complexity index is 209. The fourth-order valence-corrected chi connectivity index (χ4v) is 2.07. The molecule has 15 heavy (non-hydrogen) atoms. The van der Waals surface area contributed by atoms with E-state index >= 15 is 0 Å². The van der Waals surface area contributed by atoms with E-state index in [1.807, 2.05) is 11.8 Å². The molecule has 1 aliphatic rings. The van der Waals surface area contributed by atoms with E-state index in [4.69, 9.17) is 10.5 Å². The second-order valence-electron chi connectivity index (χ2n) is 4.29. The number of hydrogen-bond donors (Lipinski definition) is 1. The molecule has 1 saturated heterocycles. The van der Waals surface area contributed by atoms with Gasteiger partial charge in [-0.3, -0.25) is 4.79 Å². The van der Waals surface area contributed by atoms with Crippen LogP contribution in [0.25, 0.3) is 0 Å². The van der Waals surface area contributed by atoms with Gasteiger partial charge in [-0.15, -0.1) is 0 Å². The highest BCUT2D eigenvalue weighted by Crippen LogP contribution is 2.17. The summed E-state index contributed by atoms with van der Waals surface area (Å²) in [6, 6.07) is -0.309. The van der Waals surface area contributed by atoms with Gasteiger partial charge in [-0.2, -0.15) is 0 Å². The SMILES string of the molecule is CCC[C@@H](N)C(=O)N1CCC(COC)C1. The number of rotatable bonds is 5. The van der Waals surface area contributed by atoms with Gasteiger partial charge in [0.25, 0.3) is 0 Å². The number of amides is 1. The van der Waals surface area contributed by atoms with Crippen molar-refractivity contribution in [2.75, 3.05) is 26.8 Å². The molecule has 0 aromatic rings. The molecule has 1 fully saturated rings. The van der Waals surface area contributed by atoms with Gasteiger partial charge in [-0.1, -0.05) is 13.3 Å². The molecule has 0 aromatic carbocycles. The summed E-state index contributed by atoms with van der Waals surface area (Å²) in [5.74, 6) is 0.600. The summed E-state index contributed by atoms with van der Waals surface area (Å²) in [6.07, 6.45) is 2.78. The van der Waals surface area contributed by atoms with Crippen molar-refractivity contribution in [2.45, 2.75) is 32.2 Å². The third-order valence-electron chi connectivity index (χ3n) is 2.92. The van der Waals surface area contributed by atoms with Gasteiger partial charge in [-0.25, -0.2) is 0 Å². The van der Waals surface area contributed by atoms with E-state index in [9.17, 15) is 4.79 Å². The molecule has 0 radical (unpaired) electrons. The topological polar surface area (TPSA) is 55.6 Å². The average Bonchev–Trinajstić information content (AvgIpc) is 2.66. The standard InChI is InChI=1S/C11H22N2O2/c1-3-4-10(12)11(14)13-6-5-9(7-13)8-15-2/h9-10H,3-8,12H2,1-2H3/t9?,10-/m1/s1. The quantitative estimate of drug-likeness (QED) is 0.729. The normalized spacial score (nSPS) is 23.1. The Morgan fingerprint density at radius 1 is 1.67 bits per heavy atom. The first kappa shape index (κ1) is 12.5. The molecule has 0 bridgehead atoms. The average molecular weight is 214 g/mol. The zero-order valence-corrected chi connectivity index (χ0v) is 9.74. The zero-order valence-electron chi connectivity index (χ0n) is 9.74. The highest BCUT2D eigenvalue weighted by Gasteiger charge is 2.28. The predicted octanol–water partition coefficient (Wildman–Crippen LogP) is 0.609. The highest BCUT2D eigenvalue weighted by atomic mass is 16.5. The summed E-state index contributed by atoms with van der Waals surface area (Å²) in [4.78, 5) is 13.7. The van der Waals surface area contributed by atoms with Crippen LogP contribution >= 0.6 is 0 Å². The number of nitrogens with two attached hydrogens (primary N) is 1. The molecule has 0 saturated carbocycles. The summed E-state index contributed by atoms with van der Waals surface area (Å²) < 4.78 is 5.09. The molecular formula is C11H22N2O2. The number of methoxy groups -OCH3 is 1. The summed E-state index contributed by atoms with van der Waals surface area (Å²) >= 11 is 0. The van der Waals surface area contributed by atoms with Crippen LogP contribution in [0.2, 0.25) is 0 Å². The van der Waals surface area contributed by atoms with Crippen LogP contribution in [0.4, 0.5) is 0 Å². The molecule has 1 aliphatic heterocycles. The maximum atomic E-state index is 11.8. The number of ether oxygens (including phenoxy) is 1.